The van der Waals surface area contributed by atoms with Crippen molar-refractivity contribution in [3.63, 3.8) is 0 Å². The van der Waals surface area contributed by atoms with E-state index in [1.165, 1.54) is 6.26 Å². The molecule has 1 fully saturated rings. The summed E-state index contributed by atoms with van der Waals surface area (Å²) in [5.74, 6) is -1.48. The van der Waals surface area contributed by atoms with Gasteiger partial charge in [0.1, 0.15) is 11.8 Å². The van der Waals surface area contributed by atoms with Gasteiger partial charge >= 0.3 is 0 Å². The molecule has 1 saturated heterocycles. The zero-order chi connectivity index (χ0) is 16.8. The van der Waals surface area contributed by atoms with E-state index in [-0.39, 0.29) is 24.0 Å². The van der Waals surface area contributed by atoms with E-state index < -0.39 is 29.7 Å². The molecule has 0 saturated carbocycles. The van der Waals surface area contributed by atoms with Gasteiger partial charge in [0.2, 0.25) is 11.8 Å². The van der Waals surface area contributed by atoms with Crippen molar-refractivity contribution in [1.29, 1.82) is 0 Å². The molecule has 3 heterocycles. The Morgan fingerprint density at radius 3 is 2.54 bits per heavy atom. The molecular weight excluding hydrogens is 312 g/mol. The molecule has 1 aromatic carbocycles. The van der Waals surface area contributed by atoms with E-state index in [2.05, 4.69) is 5.32 Å². The second kappa shape index (κ2) is 5.16. The fourth-order valence-electron chi connectivity index (χ4n) is 3.07. The van der Waals surface area contributed by atoms with E-state index in [4.69, 9.17) is 4.42 Å². The van der Waals surface area contributed by atoms with Crippen LogP contribution in [0.2, 0.25) is 0 Å². The number of rotatable bonds is 2. The average molecular weight is 324 g/mol. The summed E-state index contributed by atoms with van der Waals surface area (Å²) in [5.41, 5.74) is 1.16. The number of carbonyl (C=O) groups is 4. The van der Waals surface area contributed by atoms with Gasteiger partial charge in [-0.3, -0.25) is 29.4 Å². The second-order valence-corrected chi connectivity index (χ2v) is 5.68. The third kappa shape index (κ3) is 2.05. The predicted octanol–water partition coefficient (Wildman–Crippen LogP) is 1.35. The molecule has 7 nitrogen and oxygen atoms in total. The summed E-state index contributed by atoms with van der Waals surface area (Å²) in [6, 6.07) is 7.35. The van der Waals surface area contributed by atoms with E-state index in [9.17, 15) is 19.2 Å². The minimum absolute atomic E-state index is 0.0987. The maximum Gasteiger partial charge on any atom is 0.262 e. The van der Waals surface area contributed by atoms with Crippen molar-refractivity contribution in [2.24, 2.45) is 0 Å². The van der Waals surface area contributed by atoms with Gasteiger partial charge in [-0.1, -0.05) is 6.07 Å². The predicted molar refractivity (Wildman–Crippen MR) is 80.8 cm³/mol. The quantitative estimate of drug-likeness (QED) is 0.841. The van der Waals surface area contributed by atoms with Crippen LogP contribution in [0.1, 0.15) is 33.6 Å². The number of nitrogens with zero attached hydrogens (tertiary/aromatic N) is 1. The van der Waals surface area contributed by atoms with Crippen LogP contribution < -0.4 is 5.32 Å². The van der Waals surface area contributed by atoms with Crippen LogP contribution in [0, 0.1) is 0 Å². The lowest BCUT2D eigenvalue weighted by molar-refractivity contribution is -0.136. The molecule has 1 aromatic heterocycles. The van der Waals surface area contributed by atoms with E-state index in [1.807, 2.05) is 0 Å². The van der Waals surface area contributed by atoms with Crippen LogP contribution in [0.25, 0.3) is 11.3 Å². The number of piperidine rings is 1. The Bertz CT molecular complexity index is 884. The Labute approximate surface area is 136 Å². The lowest BCUT2D eigenvalue weighted by atomic mass is 10.0. The maximum absolute atomic E-state index is 12.7. The molecule has 0 bridgehead atoms. The fourth-order valence-corrected chi connectivity index (χ4v) is 3.07. The molecule has 2 aromatic rings. The third-order valence-electron chi connectivity index (χ3n) is 4.25. The molecule has 2 aliphatic heterocycles. The van der Waals surface area contributed by atoms with Gasteiger partial charge in [-0.05, 0) is 30.7 Å². The minimum atomic E-state index is -0.956. The first-order chi connectivity index (χ1) is 11.6. The Hall–Kier alpha value is -3.22. The van der Waals surface area contributed by atoms with Gasteiger partial charge in [0.25, 0.3) is 11.8 Å². The number of hydrogen-bond donors (Lipinski definition) is 1. The number of furan rings is 1. The summed E-state index contributed by atoms with van der Waals surface area (Å²) < 4.78 is 5.30. The zero-order valence-electron chi connectivity index (χ0n) is 12.4. The largest absolute Gasteiger partial charge is 0.464 e. The number of nitrogens with one attached hydrogen (secondary N) is 1. The summed E-state index contributed by atoms with van der Waals surface area (Å²) in [6.45, 7) is 0. The average Bonchev–Trinajstić information content (AvgIpc) is 3.17. The van der Waals surface area contributed by atoms with Gasteiger partial charge in [-0.15, -0.1) is 0 Å². The standard InChI is InChI=1S/C17H12N2O5/c20-14-6-5-12(15(21)18-14)19-16(22)10-4-3-9(8-11(10)17(19)23)13-2-1-7-24-13/h1-4,7-8,12H,5-6H2,(H,18,20,21). The Kier molecular flexibility index (Phi) is 3.09. The third-order valence-corrected chi connectivity index (χ3v) is 4.25. The lowest BCUT2D eigenvalue weighted by Crippen LogP contribution is -2.54. The molecule has 4 amide bonds. The Morgan fingerprint density at radius 2 is 1.83 bits per heavy atom. The molecule has 120 valence electrons. The van der Waals surface area contributed by atoms with Crippen LogP contribution in [0.5, 0.6) is 0 Å². The van der Waals surface area contributed by atoms with Crippen molar-refractivity contribution in [1.82, 2.24) is 10.2 Å². The summed E-state index contributed by atoms with van der Waals surface area (Å²) in [6.07, 6.45) is 1.76. The van der Waals surface area contributed by atoms with Crippen LogP contribution in [-0.4, -0.2) is 34.6 Å². The number of carbonyl (C=O) groups excluding carboxylic acids is 4. The van der Waals surface area contributed by atoms with Gasteiger partial charge in [-0.25, -0.2) is 0 Å². The van der Waals surface area contributed by atoms with Gasteiger partial charge in [-0.2, -0.15) is 0 Å². The van der Waals surface area contributed by atoms with Crippen molar-refractivity contribution in [3.8, 4) is 11.3 Å². The number of amides is 4. The maximum atomic E-state index is 12.7. The first kappa shape index (κ1) is 14.4. The molecule has 24 heavy (non-hydrogen) atoms. The normalized spacial score (nSPS) is 20.3. The number of imide groups is 2. The molecule has 0 aliphatic carbocycles. The topological polar surface area (TPSA) is 96.7 Å². The van der Waals surface area contributed by atoms with Gasteiger partial charge < -0.3 is 4.42 Å². The second-order valence-electron chi connectivity index (χ2n) is 5.68. The highest BCUT2D eigenvalue weighted by molar-refractivity contribution is 6.23. The van der Waals surface area contributed by atoms with Crippen LogP contribution in [-0.2, 0) is 9.59 Å². The lowest BCUT2D eigenvalue weighted by Gasteiger charge is -2.27. The number of hydrogen-bond acceptors (Lipinski definition) is 5. The number of fused-ring (bicyclic) bond motifs is 1. The highest BCUT2D eigenvalue weighted by Gasteiger charge is 2.44. The van der Waals surface area contributed by atoms with Crippen molar-refractivity contribution >= 4 is 23.6 Å². The van der Waals surface area contributed by atoms with Crippen LogP contribution in [0.4, 0.5) is 0 Å². The van der Waals surface area contributed by atoms with Gasteiger partial charge in [0, 0.05) is 12.0 Å². The van der Waals surface area contributed by atoms with Crippen molar-refractivity contribution in [2.45, 2.75) is 18.9 Å². The van der Waals surface area contributed by atoms with Crippen molar-refractivity contribution < 1.29 is 23.6 Å². The van der Waals surface area contributed by atoms with Gasteiger partial charge in [0.05, 0.1) is 17.4 Å². The van der Waals surface area contributed by atoms with E-state index in [0.717, 1.165) is 4.90 Å². The van der Waals surface area contributed by atoms with Crippen molar-refractivity contribution in [3.05, 3.63) is 47.7 Å². The molecule has 2 aliphatic rings. The smallest absolute Gasteiger partial charge is 0.262 e. The van der Waals surface area contributed by atoms with Crippen LogP contribution in [0.15, 0.2) is 41.0 Å². The summed E-state index contributed by atoms with van der Waals surface area (Å²) >= 11 is 0. The van der Waals surface area contributed by atoms with E-state index in [0.29, 0.717) is 11.3 Å². The SMILES string of the molecule is O=C1CCC(N2C(=O)c3ccc(-c4ccco4)cc3C2=O)C(=O)N1. The molecule has 7 heteroatoms. The molecule has 0 spiro atoms. The highest BCUT2D eigenvalue weighted by atomic mass is 16.3. The first-order valence-corrected chi connectivity index (χ1v) is 7.46. The molecule has 1 N–H and O–H groups in total. The summed E-state index contributed by atoms with van der Waals surface area (Å²) in [5, 5.41) is 2.17. The fraction of sp³-hybridized carbons (Fsp3) is 0.176. The monoisotopic (exact) mass is 324 g/mol. The van der Waals surface area contributed by atoms with Crippen LogP contribution in [0.3, 0.4) is 0 Å². The summed E-state index contributed by atoms with van der Waals surface area (Å²) in [4.78, 5) is 49.4. The van der Waals surface area contributed by atoms with Crippen molar-refractivity contribution in [2.75, 3.05) is 0 Å². The molecule has 1 unspecified atom stereocenters. The Balaban J connectivity index is 1.71. The zero-order valence-corrected chi connectivity index (χ0v) is 12.4. The van der Waals surface area contributed by atoms with E-state index in [1.54, 1.807) is 30.3 Å². The van der Waals surface area contributed by atoms with E-state index >= 15 is 0 Å². The number of benzene rings is 1. The first-order valence-electron chi connectivity index (χ1n) is 7.46. The summed E-state index contributed by atoms with van der Waals surface area (Å²) in [7, 11) is 0. The van der Waals surface area contributed by atoms with Crippen LogP contribution >= 0.6 is 0 Å². The van der Waals surface area contributed by atoms with Gasteiger partial charge in [0.15, 0.2) is 0 Å². The Morgan fingerprint density at radius 1 is 1.04 bits per heavy atom. The highest BCUT2D eigenvalue weighted by Crippen LogP contribution is 2.31. The minimum Gasteiger partial charge on any atom is -0.464 e. The molecule has 1 atom stereocenters. The molecule has 0 radical (unpaired) electrons. The molecular formula is C17H12N2O5. The molecule has 4 rings (SSSR count).